The van der Waals surface area contributed by atoms with Crippen LogP contribution in [0.2, 0.25) is 0 Å². The van der Waals surface area contributed by atoms with Gasteiger partial charge in [-0.3, -0.25) is 9.97 Å². The van der Waals surface area contributed by atoms with Gasteiger partial charge in [0.05, 0.1) is 5.69 Å². The molecule has 1 aromatic rings. The van der Waals surface area contributed by atoms with Crippen molar-refractivity contribution in [3.8, 4) is 0 Å². The highest BCUT2D eigenvalue weighted by Crippen LogP contribution is 1.96. The van der Waals surface area contributed by atoms with Crippen LogP contribution >= 0.6 is 0 Å². The van der Waals surface area contributed by atoms with Crippen LogP contribution in [-0.4, -0.2) is 24.5 Å². The van der Waals surface area contributed by atoms with Crippen molar-refractivity contribution in [2.75, 3.05) is 5.75 Å². The van der Waals surface area contributed by atoms with E-state index in [9.17, 15) is 4.21 Å². The van der Waals surface area contributed by atoms with E-state index in [4.69, 9.17) is 4.55 Å². The van der Waals surface area contributed by atoms with Gasteiger partial charge in [-0.2, -0.15) is 0 Å². The Hall–Kier alpha value is -0.810. The molecule has 0 fully saturated rings. The molecule has 0 aliphatic rings. The molecule has 1 heterocycles. The maximum Gasteiger partial charge on any atom is 0.152 e. The smallest absolute Gasteiger partial charge is 0.152 e. The standard InChI is InChI=1S/C7H10N2O2S/c10-12(11)5-1-2-7-6-8-3-4-9-7/h3-4,6H,1-2,5H2,(H,10,11). The molecule has 1 atom stereocenters. The lowest BCUT2D eigenvalue weighted by atomic mass is 10.3. The summed E-state index contributed by atoms with van der Waals surface area (Å²) in [7, 11) is 0. The maximum absolute atomic E-state index is 10.3. The van der Waals surface area contributed by atoms with Crippen LogP contribution in [0.25, 0.3) is 0 Å². The van der Waals surface area contributed by atoms with E-state index in [1.54, 1.807) is 18.6 Å². The van der Waals surface area contributed by atoms with Crippen LogP contribution in [0.1, 0.15) is 12.1 Å². The normalized spacial score (nSPS) is 12.8. The number of aromatic nitrogens is 2. The van der Waals surface area contributed by atoms with Crippen molar-refractivity contribution >= 4 is 11.1 Å². The van der Waals surface area contributed by atoms with E-state index in [1.807, 2.05) is 0 Å². The number of rotatable bonds is 4. The minimum atomic E-state index is -1.69. The van der Waals surface area contributed by atoms with Crippen molar-refractivity contribution in [2.45, 2.75) is 12.8 Å². The van der Waals surface area contributed by atoms with Gasteiger partial charge in [0.1, 0.15) is 0 Å². The molecule has 0 saturated heterocycles. The maximum atomic E-state index is 10.3. The van der Waals surface area contributed by atoms with Crippen LogP contribution in [0.15, 0.2) is 18.6 Å². The van der Waals surface area contributed by atoms with Crippen molar-refractivity contribution in [1.82, 2.24) is 9.97 Å². The Morgan fingerprint density at radius 3 is 2.92 bits per heavy atom. The van der Waals surface area contributed by atoms with E-state index in [0.717, 1.165) is 5.69 Å². The first-order valence-electron chi connectivity index (χ1n) is 3.61. The minimum Gasteiger partial charge on any atom is -0.306 e. The van der Waals surface area contributed by atoms with Crippen LogP contribution in [0.3, 0.4) is 0 Å². The van der Waals surface area contributed by atoms with Crippen LogP contribution in [-0.2, 0) is 17.5 Å². The minimum absolute atomic E-state index is 0.302. The molecule has 5 heteroatoms. The zero-order valence-corrected chi connectivity index (χ0v) is 7.33. The summed E-state index contributed by atoms with van der Waals surface area (Å²) in [4.78, 5) is 7.91. The SMILES string of the molecule is O=S(O)CCCc1cnccn1. The van der Waals surface area contributed by atoms with Gasteiger partial charge in [0, 0.05) is 24.3 Å². The largest absolute Gasteiger partial charge is 0.306 e. The molecule has 0 aromatic carbocycles. The molecule has 0 aliphatic heterocycles. The molecule has 1 rings (SSSR count). The van der Waals surface area contributed by atoms with Crippen LogP contribution in [0.4, 0.5) is 0 Å². The van der Waals surface area contributed by atoms with Gasteiger partial charge in [0.2, 0.25) is 0 Å². The zero-order valence-electron chi connectivity index (χ0n) is 6.51. The molecule has 0 spiro atoms. The van der Waals surface area contributed by atoms with E-state index < -0.39 is 11.1 Å². The molecular weight excluding hydrogens is 176 g/mol. The third kappa shape index (κ3) is 3.54. The Bertz CT molecular complexity index is 253. The Balaban J connectivity index is 2.29. The summed E-state index contributed by atoms with van der Waals surface area (Å²) < 4.78 is 18.7. The number of aryl methyl sites for hydroxylation is 1. The molecule has 66 valence electrons. The van der Waals surface area contributed by atoms with Gasteiger partial charge < -0.3 is 4.55 Å². The van der Waals surface area contributed by atoms with Gasteiger partial charge >= 0.3 is 0 Å². The van der Waals surface area contributed by atoms with E-state index in [-0.39, 0.29) is 0 Å². The first-order valence-corrected chi connectivity index (χ1v) is 4.89. The van der Waals surface area contributed by atoms with Gasteiger partial charge in [0.25, 0.3) is 0 Å². The quantitative estimate of drug-likeness (QED) is 0.700. The second kappa shape index (κ2) is 4.95. The van der Waals surface area contributed by atoms with Crippen LogP contribution in [0.5, 0.6) is 0 Å². The first kappa shape index (κ1) is 9.28. The third-order valence-corrected chi connectivity index (χ3v) is 2.01. The van der Waals surface area contributed by atoms with Crippen molar-refractivity contribution in [2.24, 2.45) is 0 Å². The fourth-order valence-corrected chi connectivity index (χ4v) is 1.23. The molecule has 12 heavy (non-hydrogen) atoms. The zero-order chi connectivity index (χ0) is 8.81. The molecule has 4 nitrogen and oxygen atoms in total. The highest BCUT2D eigenvalue weighted by atomic mass is 32.2. The first-order chi connectivity index (χ1) is 5.79. The van der Waals surface area contributed by atoms with Gasteiger partial charge in [-0.15, -0.1) is 0 Å². The average molecular weight is 186 g/mol. The second-order valence-electron chi connectivity index (χ2n) is 2.33. The summed E-state index contributed by atoms with van der Waals surface area (Å²) in [5.41, 5.74) is 0.864. The molecule has 1 N–H and O–H groups in total. The number of hydrogen-bond acceptors (Lipinski definition) is 3. The molecule has 0 radical (unpaired) electrons. The predicted molar refractivity (Wildman–Crippen MR) is 46.0 cm³/mol. The van der Waals surface area contributed by atoms with E-state index in [2.05, 4.69) is 9.97 Å². The molecule has 0 amide bonds. The fraction of sp³-hybridized carbons (Fsp3) is 0.429. The van der Waals surface area contributed by atoms with E-state index >= 15 is 0 Å². The van der Waals surface area contributed by atoms with Crippen LogP contribution in [0, 0.1) is 0 Å². The predicted octanol–water partition coefficient (Wildman–Crippen LogP) is 0.631. The lowest BCUT2D eigenvalue weighted by molar-refractivity contribution is 0.561. The highest BCUT2D eigenvalue weighted by molar-refractivity contribution is 7.79. The summed E-state index contributed by atoms with van der Waals surface area (Å²) in [6.45, 7) is 0. The van der Waals surface area contributed by atoms with Crippen molar-refractivity contribution in [3.05, 3.63) is 24.3 Å². The molecule has 1 aromatic heterocycles. The van der Waals surface area contributed by atoms with Gasteiger partial charge in [0.15, 0.2) is 11.1 Å². The van der Waals surface area contributed by atoms with Gasteiger partial charge in [-0.1, -0.05) is 0 Å². The van der Waals surface area contributed by atoms with Crippen LogP contribution < -0.4 is 0 Å². The van der Waals surface area contributed by atoms with Gasteiger partial charge in [-0.25, -0.2) is 4.21 Å². The number of hydrogen-bond donors (Lipinski definition) is 1. The van der Waals surface area contributed by atoms with E-state index in [1.165, 1.54) is 0 Å². The van der Waals surface area contributed by atoms with Gasteiger partial charge in [-0.05, 0) is 12.8 Å². The second-order valence-corrected chi connectivity index (χ2v) is 3.38. The monoisotopic (exact) mass is 186 g/mol. The molecular formula is C7H10N2O2S. The summed E-state index contributed by atoms with van der Waals surface area (Å²) in [6.07, 6.45) is 6.27. The summed E-state index contributed by atoms with van der Waals surface area (Å²) in [5.74, 6) is 0.302. The molecule has 0 aliphatic carbocycles. The fourth-order valence-electron chi connectivity index (χ4n) is 0.836. The Morgan fingerprint density at radius 2 is 2.33 bits per heavy atom. The average Bonchev–Trinajstić information content (AvgIpc) is 2.05. The Kier molecular flexibility index (Phi) is 3.83. The topological polar surface area (TPSA) is 63.1 Å². The lowest BCUT2D eigenvalue weighted by Crippen LogP contribution is -1.98. The van der Waals surface area contributed by atoms with E-state index in [0.29, 0.717) is 18.6 Å². The Morgan fingerprint density at radius 1 is 1.50 bits per heavy atom. The van der Waals surface area contributed by atoms with Crippen molar-refractivity contribution < 1.29 is 8.76 Å². The molecule has 1 unspecified atom stereocenters. The molecule has 0 bridgehead atoms. The number of nitrogens with zero attached hydrogens (tertiary/aromatic N) is 2. The lowest BCUT2D eigenvalue weighted by Gasteiger charge is -1.96. The highest BCUT2D eigenvalue weighted by Gasteiger charge is 1.96. The third-order valence-electron chi connectivity index (χ3n) is 1.37. The summed E-state index contributed by atoms with van der Waals surface area (Å²) >= 11 is -1.69. The summed E-state index contributed by atoms with van der Waals surface area (Å²) in [6, 6.07) is 0. The Labute approximate surface area is 73.3 Å². The van der Waals surface area contributed by atoms with Crippen molar-refractivity contribution in [3.63, 3.8) is 0 Å². The van der Waals surface area contributed by atoms with Crippen molar-refractivity contribution in [1.29, 1.82) is 0 Å². The molecule has 0 saturated carbocycles. The summed E-state index contributed by atoms with van der Waals surface area (Å²) in [5, 5.41) is 0.